The van der Waals surface area contributed by atoms with Gasteiger partial charge in [0.1, 0.15) is 0 Å². The molecule has 70 valence electrons. The molecule has 0 amide bonds. The first-order valence-electron chi connectivity index (χ1n) is 4.27. The Kier molecular flexibility index (Phi) is 5.49. The summed E-state index contributed by atoms with van der Waals surface area (Å²) in [5, 5.41) is 0.250. The normalized spacial score (nSPS) is 11.3. The summed E-state index contributed by atoms with van der Waals surface area (Å²) in [5.41, 5.74) is 0. The predicted molar refractivity (Wildman–Crippen MR) is 55.3 cm³/mol. The second kappa shape index (κ2) is 5.53. The zero-order valence-corrected chi connectivity index (χ0v) is 10.6. The monoisotopic (exact) mass is 202 g/mol. The third-order valence-corrected chi connectivity index (χ3v) is 7.92. The van der Waals surface area contributed by atoms with E-state index >= 15 is 0 Å². The van der Waals surface area contributed by atoms with Crippen LogP contribution in [0.1, 0.15) is 6.92 Å². The summed E-state index contributed by atoms with van der Waals surface area (Å²) >= 11 is 0. The van der Waals surface area contributed by atoms with E-state index in [0.29, 0.717) is 6.61 Å². The fourth-order valence-electron chi connectivity index (χ4n) is 1.27. The summed E-state index contributed by atoms with van der Waals surface area (Å²) < 4.78 is 5.04. The first-order valence-corrected chi connectivity index (χ1v) is 9.42. The summed E-state index contributed by atoms with van der Waals surface area (Å²) in [6, 6.07) is 0. The van der Waals surface area contributed by atoms with Gasteiger partial charge in [0.15, 0.2) is 0 Å². The maximum atomic E-state index is 11.5. The number of hydrogen-bond acceptors (Lipinski definition) is 2. The average Bonchev–Trinajstić information content (AvgIpc) is 1.85. The molecule has 0 saturated carbocycles. The van der Waals surface area contributed by atoms with Crippen LogP contribution < -0.4 is 0 Å². The van der Waals surface area contributed by atoms with Crippen LogP contribution in [-0.2, 0) is 9.53 Å². The summed E-state index contributed by atoms with van der Waals surface area (Å²) in [4.78, 5) is 11.5. The molecule has 0 aromatic carbocycles. The molecule has 0 rings (SSSR count). The van der Waals surface area contributed by atoms with E-state index in [-0.39, 0.29) is 11.1 Å². The second-order valence-corrected chi connectivity index (χ2v) is 9.38. The number of carbonyl (C=O) groups is 1. The number of ether oxygens (including phenoxy) is 1. The fraction of sp³-hybridized carbons (Fsp3) is 0.875. The van der Waals surface area contributed by atoms with Gasteiger partial charge in [0.25, 0.3) is 0 Å². The van der Waals surface area contributed by atoms with Crippen LogP contribution in [0.25, 0.3) is 0 Å². The predicted octanol–water partition coefficient (Wildman–Crippen LogP) is 1.97. The molecule has 0 heterocycles. The van der Waals surface area contributed by atoms with Crippen LogP contribution in [0.15, 0.2) is 0 Å². The van der Waals surface area contributed by atoms with Crippen LogP contribution in [0, 0.1) is 0 Å². The van der Waals surface area contributed by atoms with Gasteiger partial charge in [-0.25, -0.2) is 0 Å². The maximum absolute atomic E-state index is 11.5. The lowest BCUT2D eigenvalue weighted by molar-refractivity contribution is -0.141. The molecule has 0 saturated heterocycles. The number of carbonyl (C=O) groups excluding carboxylic acids is 1. The zero-order chi connectivity index (χ0) is 9.72. The van der Waals surface area contributed by atoms with Crippen LogP contribution in [-0.4, -0.2) is 30.2 Å². The minimum atomic E-state index is -0.523. The quantitative estimate of drug-likeness (QED) is 0.515. The highest BCUT2D eigenvalue weighted by molar-refractivity contribution is 6.82. The topological polar surface area (TPSA) is 26.3 Å². The highest BCUT2D eigenvalue weighted by Gasteiger charge is 2.28. The standard InChI is InChI=1S/C8H18O2Si2/c1-6-10-7(9)8(11(2)3)12(4)5/h8H,6H2,1-5H3. The van der Waals surface area contributed by atoms with Gasteiger partial charge >= 0.3 is 5.97 Å². The van der Waals surface area contributed by atoms with Crippen molar-refractivity contribution >= 4 is 23.6 Å². The van der Waals surface area contributed by atoms with E-state index in [9.17, 15) is 4.79 Å². The largest absolute Gasteiger partial charge is 0.466 e. The van der Waals surface area contributed by atoms with Crippen molar-refractivity contribution < 1.29 is 9.53 Å². The average molecular weight is 202 g/mol. The molecule has 0 N–H and O–H groups in total. The highest BCUT2D eigenvalue weighted by atomic mass is 28.3. The van der Waals surface area contributed by atoms with Crippen molar-refractivity contribution in [3.05, 3.63) is 0 Å². The Bertz CT molecular complexity index is 138. The smallest absolute Gasteiger partial charge is 0.302 e. The first kappa shape index (κ1) is 11.9. The molecule has 0 unspecified atom stereocenters. The molecule has 4 heteroatoms. The Balaban J connectivity index is 4.20. The Hall–Kier alpha value is -0.0962. The van der Waals surface area contributed by atoms with Gasteiger partial charge in [0.2, 0.25) is 0 Å². The van der Waals surface area contributed by atoms with E-state index in [2.05, 4.69) is 26.2 Å². The Morgan fingerprint density at radius 3 is 1.92 bits per heavy atom. The molecule has 0 fully saturated rings. The van der Waals surface area contributed by atoms with Crippen molar-refractivity contribution in [3.8, 4) is 0 Å². The third-order valence-electron chi connectivity index (χ3n) is 1.68. The van der Waals surface area contributed by atoms with E-state index in [1.165, 1.54) is 0 Å². The van der Waals surface area contributed by atoms with Crippen LogP contribution >= 0.6 is 0 Å². The van der Waals surface area contributed by atoms with Gasteiger partial charge in [-0.05, 0) is 6.92 Å². The number of rotatable bonds is 4. The highest BCUT2D eigenvalue weighted by Crippen LogP contribution is 2.16. The van der Waals surface area contributed by atoms with E-state index in [1.54, 1.807) is 0 Å². The van der Waals surface area contributed by atoms with Crippen LogP contribution in [0.3, 0.4) is 0 Å². The molecule has 12 heavy (non-hydrogen) atoms. The summed E-state index contributed by atoms with van der Waals surface area (Å²) in [7, 11) is -1.05. The third kappa shape index (κ3) is 3.53. The van der Waals surface area contributed by atoms with Crippen molar-refractivity contribution in [1.29, 1.82) is 0 Å². The van der Waals surface area contributed by atoms with E-state index in [1.807, 2.05) is 6.92 Å². The molecule has 0 aliphatic heterocycles. The molecule has 2 radical (unpaired) electrons. The summed E-state index contributed by atoms with van der Waals surface area (Å²) in [6.45, 7) is 11.1. The van der Waals surface area contributed by atoms with Gasteiger partial charge in [0, 0.05) is 5.16 Å². The molecule has 0 spiro atoms. The minimum Gasteiger partial charge on any atom is -0.466 e. The molecule has 2 nitrogen and oxygen atoms in total. The van der Waals surface area contributed by atoms with Crippen molar-refractivity contribution in [2.45, 2.75) is 38.3 Å². The molecule has 0 aromatic rings. The van der Waals surface area contributed by atoms with Gasteiger partial charge < -0.3 is 4.74 Å². The van der Waals surface area contributed by atoms with Gasteiger partial charge in [0.05, 0.1) is 24.2 Å². The molecule has 0 atom stereocenters. The summed E-state index contributed by atoms with van der Waals surface area (Å²) in [6.07, 6.45) is 0. The van der Waals surface area contributed by atoms with Crippen molar-refractivity contribution in [2.75, 3.05) is 6.61 Å². The van der Waals surface area contributed by atoms with Crippen molar-refractivity contribution in [1.82, 2.24) is 0 Å². The van der Waals surface area contributed by atoms with Gasteiger partial charge in [-0.2, -0.15) is 0 Å². The van der Waals surface area contributed by atoms with E-state index < -0.39 is 17.6 Å². The van der Waals surface area contributed by atoms with Gasteiger partial charge in [-0.3, -0.25) is 4.79 Å². The maximum Gasteiger partial charge on any atom is 0.302 e. The van der Waals surface area contributed by atoms with E-state index in [4.69, 9.17) is 4.74 Å². The first-order chi connectivity index (χ1) is 5.50. The zero-order valence-electron chi connectivity index (χ0n) is 8.60. The van der Waals surface area contributed by atoms with Crippen LogP contribution in [0.4, 0.5) is 0 Å². The fourth-order valence-corrected chi connectivity index (χ4v) is 7.00. The second-order valence-electron chi connectivity index (χ2n) is 3.34. The molecular weight excluding hydrogens is 184 g/mol. The molecule has 0 aliphatic carbocycles. The number of esters is 1. The molecular formula is C8H18O2Si2. The molecule has 0 aliphatic rings. The lowest BCUT2D eigenvalue weighted by Gasteiger charge is -2.20. The lowest BCUT2D eigenvalue weighted by atomic mass is 10.7. The minimum absolute atomic E-state index is 0.0373. The van der Waals surface area contributed by atoms with Gasteiger partial charge in [-0.15, -0.1) is 0 Å². The molecule has 0 aromatic heterocycles. The van der Waals surface area contributed by atoms with Crippen LogP contribution in [0.5, 0.6) is 0 Å². The lowest BCUT2D eigenvalue weighted by Crippen LogP contribution is -2.33. The Labute approximate surface area is 78.5 Å². The molecule has 0 bridgehead atoms. The Morgan fingerprint density at radius 2 is 1.67 bits per heavy atom. The van der Waals surface area contributed by atoms with Crippen LogP contribution in [0.2, 0.25) is 31.4 Å². The SMILES string of the molecule is CCOC(=O)C([Si](C)C)[Si](C)C. The van der Waals surface area contributed by atoms with Crippen molar-refractivity contribution in [3.63, 3.8) is 0 Å². The van der Waals surface area contributed by atoms with E-state index in [0.717, 1.165) is 0 Å². The summed E-state index contributed by atoms with van der Waals surface area (Å²) in [5.74, 6) is 0.0373. The van der Waals surface area contributed by atoms with Gasteiger partial charge in [-0.1, -0.05) is 26.2 Å². The van der Waals surface area contributed by atoms with Crippen molar-refractivity contribution in [2.24, 2.45) is 0 Å². The number of hydrogen-bond donors (Lipinski definition) is 0. The Morgan fingerprint density at radius 1 is 1.25 bits per heavy atom.